The van der Waals surface area contributed by atoms with Gasteiger partial charge < -0.3 is 33.8 Å². The Bertz CT molecular complexity index is 2270. The molecule has 19 heteroatoms. The van der Waals surface area contributed by atoms with Crippen molar-refractivity contribution in [3.8, 4) is 0 Å². The highest BCUT2D eigenvalue weighted by molar-refractivity contribution is 7.47. The van der Waals surface area contributed by atoms with Crippen molar-refractivity contribution in [2.45, 2.75) is 354 Å². The van der Waals surface area contributed by atoms with Gasteiger partial charge >= 0.3 is 39.5 Å². The van der Waals surface area contributed by atoms with Crippen LogP contribution in [0.3, 0.4) is 0 Å². The molecule has 0 spiro atoms. The summed E-state index contributed by atoms with van der Waals surface area (Å²) in [5.74, 6) is -2.26. The maximum atomic E-state index is 13.1. The molecule has 0 aliphatic carbocycles. The van der Waals surface area contributed by atoms with Crippen molar-refractivity contribution in [2.24, 2.45) is 0 Å². The lowest BCUT2D eigenvalue weighted by molar-refractivity contribution is -0.161. The summed E-state index contributed by atoms with van der Waals surface area (Å²) in [7, 11) is -9.97. The first-order chi connectivity index (χ1) is 48.7. The third-order valence-corrected chi connectivity index (χ3v) is 18.4. The Morgan fingerprint density at radius 3 is 0.830 bits per heavy atom. The maximum Gasteiger partial charge on any atom is 0.472 e. The summed E-state index contributed by atoms with van der Waals surface area (Å²) in [5.41, 5.74) is 0. The zero-order valence-corrected chi connectivity index (χ0v) is 64.9. The third kappa shape index (κ3) is 72.3. The van der Waals surface area contributed by atoms with E-state index in [0.29, 0.717) is 32.1 Å². The van der Waals surface area contributed by atoms with Crippen molar-refractivity contribution in [3.05, 3.63) is 97.2 Å². The van der Waals surface area contributed by atoms with E-state index in [1.807, 2.05) is 12.2 Å². The van der Waals surface area contributed by atoms with E-state index in [2.05, 4.69) is 113 Å². The maximum absolute atomic E-state index is 13.1. The van der Waals surface area contributed by atoms with Crippen molar-refractivity contribution in [1.82, 2.24) is 0 Å². The van der Waals surface area contributed by atoms with E-state index >= 15 is 0 Å². The van der Waals surface area contributed by atoms with E-state index in [1.165, 1.54) is 103 Å². The average Bonchev–Trinajstić information content (AvgIpc) is 1.06. The molecule has 0 rings (SSSR count). The van der Waals surface area contributed by atoms with Gasteiger partial charge in [-0.15, -0.1) is 0 Å². The fourth-order valence-electron chi connectivity index (χ4n) is 10.4. The Morgan fingerprint density at radius 1 is 0.280 bits per heavy atom. The monoisotopic (exact) mass is 1450 g/mol. The fraction of sp³-hybridized carbons (Fsp3) is 0.753. The Hall–Kier alpha value is -4.02. The molecule has 17 nitrogen and oxygen atoms in total. The highest BCUT2D eigenvalue weighted by Crippen LogP contribution is 2.45. The van der Waals surface area contributed by atoms with E-state index in [1.54, 1.807) is 0 Å². The van der Waals surface area contributed by atoms with Gasteiger partial charge in [0.1, 0.15) is 19.3 Å². The number of aliphatic hydroxyl groups is 1. The molecule has 578 valence electrons. The summed E-state index contributed by atoms with van der Waals surface area (Å²) in [5, 5.41) is 10.6. The van der Waals surface area contributed by atoms with Crippen molar-refractivity contribution in [2.75, 3.05) is 39.6 Å². The van der Waals surface area contributed by atoms with Gasteiger partial charge in [-0.25, -0.2) is 9.13 Å². The van der Waals surface area contributed by atoms with Crippen LogP contribution in [0.4, 0.5) is 0 Å². The number of aliphatic hydroxyl groups excluding tert-OH is 1. The van der Waals surface area contributed by atoms with E-state index in [4.69, 9.17) is 37.0 Å². The molecule has 0 aliphatic heterocycles. The number of unbranched alkanes of at least 4 members (excludes halogenated alkanes) is 32. The largest absolute Gasteiger partial charge is 0.472 e. The first-order valence-electron chi connectivity index (χ1n) is 39.5. The average molecular weight is 1450 g/mol. The molecular formula is C81H142O17P2. The summed E-state index contributed by atoms with van der Waals surface area (Å²) in [4.78, 5) is 72.9. The summed E-state index contributed by atoms with van der Waals surface area (Å²) in [6, 6.07) is 0. The molecule has 0 aliphatic rings. The van der Waals surface area contributed by atoms with Crippen molar-refractivity contribution in [1.29, 1.82) is 0 Å². The molecule has 100 heavy (non-hydrogen) atoms. The van der Waals surface area contributed by atoms with Crippen LogP contribution in [0.15, 0.2) is 97.2 Å². The van der Waals surface area contributed by atoms with Gasteiger partial charge in [-0.05, 0) is 148 Å². The predicted molar refractivity (Wildman–Crippen MR) is 409 cm³/mol. The number of esters is 4. The standard InChI is InChI=1S/C81H142O17P2/c1-5-9-13-17-21-25-29-33-36-37-40-43-46-50-54-58-62-66-79(84)92-72-77(98-81(86)68-64-60-56-52-48-44-39-35-31-27-23-19-15-11-7-3)74-96-100(89,90)94-70-75(82)69-93-99(87,88)95-73-76(97-80(85)67-63-59-55-51-47-41-32-28-24-20-16-12-8-4)71-91-78(83)65-61-57-53-49-45-42-38-34-30-26-22-18-14-10-6-2/h21,23,25,27-28,32-36,38-40,43,50,54,75-77,82H,5-20,22,24,26,29-31,37,41-42,44-49,51-53,55-74H2,1-4H3,(H,87,88)(H,89,90)/b25-21-,27-23-,32-28-,36-33-,38-34-,39-35-,43-40-,54-50-/t75-,76+,77+/m0/s1. The second kappa shape index (κ2) is 73.3. The number of rotatable bonds is 74. The Labute approximate surface area is 607 Å². The molecule has 0 aromatic carbocycles. The second-order valence-corrected chi connectivity index (χ2v) is 29.2. The molecule has 0 heterocycles. The molecule has 0 radical (unpaired) electrons. The number of carbonyl (C=O) groups is 4. The number of allylic oxidation sites excluding steroid dienone is 16. The minimum Gasteiger partial charge on any atom is -0.462 e. The summed E-state index contributed by atoms with van der Waals surface area (Å²) >= 11 is 0. The lowest BCUT2D eigenvalue weighted by atomic mass is 10.1. The SMILES string of the molecule is CCCCC/C=C\C/C=C\C/C=C\C/C=C\CCCC(=O)OC[C@H](COP(=O)(O)OC[C@@H](O)COP(=O)(O)OC[C@@H](COC(=O)CCCCCCC/C=C\CCCCCCCC)OC(=O)CCCCCCC/C=C\CCCCCC)OC(=O)CCCCCCC/C=C\C/C=C\CCCCC. The van der Waals surface area contributed by atoms with Crippen LogP contribution in [-0.4, -0.2) is 96.7 Å². The van der Waals surface area contributed by atoms with Gasteiger partial charge in [0.15, 0.2) is 12.2 Å². The smallest absolute Gasteiger partial charge is 0.462 e. The van der Waals surface area contributed by atoms with E-state index in [9.17, 15) is 43.2 Å². The topological polar surface area (TPSA) is 237 Å². The zero-order valence-electron chi connectivity index (χ0n) is 63.1. The van der Waals surface area contributed by atoms with Crippen LogP contribution in [0.5, 0.6) is 0 Å². The van der Waals surface area contributed by atoms with Gasteiger partial charge in [-0.3, -0.25) is 37.3 Å². The van der Waals surface area contributed by atoms with E-state index in [-0.39, 0.29) is 25.7 Å². The number of phosphoric acid groups is 2. The number of ether oxygens (including phenoxy) is 4. The lowest BCUT2D eigenvalue weighted by Gasteiger charge is -2.21. The first kappa shape index (κ1) is 96.0. The summed E-state index contributed by atoms with van der Waals surface area (Å²) in [6.45, 7) is 4.73. The van der Waals surface area contributed by atoms with Crippen LogP contribution < -0.4 is 0 Å². The van der Waals surface area contributed by atoms with E-state index in [0.717, 1.165) is 148 Å². The van der Waals surface area contributed by atoms with Crippen molar-refractivity contribution in [3.63, 3.8) is 0 Å². The summed E-state index contributed by atoms with van der Waals surface area (Å²) in [6.07, 6.45) is 76.8. The molecule has 2 unspecified atom stereocenters. The normalized spacial score (nSPS) is 14.4. The fourth-order valence-corrected chi connectivity index (χ4v) is 12.0. The molecule has 5 atom stereocenters. The van der Waals surface area contributed by atoms with Gasteiger partial charge in [0.25, 0.3) is 0 Å². The Morgan fingerprint density at radius 2 is 0.500 bits per heavy atom. The number of carbonyl (C=O) groups excluding carboxylic acids is 4. The van der Waals surface area contributed by atoms with Crippen molar-refractivity contribution < 1.29 is 80.2 Å². The predicted octanol–water partition coefficient (Wildman–Crippen LogP) is 22.8. The second-order valence-electron chi connectivity index (χ2n) is 26.3. The quantitative estimate of drug-likeness (QED) is 0.0169. The third-order valence-electron chi connectivity index (χ3n) is 16.5. The minimum atomic E-state index is -4.99. The molecule has 3 N–H and O–H groups in total. The minimum absolute atomic E-state index is 0.0670. The van der Waals surface area contributed by atoms with Gasteiger partial charge in [-0.2, -0.15) is 0 Å². The van der Waals surface area contributed by atoms with E-state index < -0.39 is 97.5 Å². The molecule has 0 aromatic heterocycles. The first-order valence-corrected chi connectivity index (χ1v) is 42.5. The molecule has 0 saturated heterocycles. The molecule has 0 aromatic rings. The van der Waals surface area contributed by atoms with Gasteiger partial charge in [0, 0.05) is 25.7 Å². The number of hydrogen-bond acceptors (Lipinski definition) is 15. The molecule has 0 saturated carbocycles. The van der Waals surface area contributed by atoms with Gasteiger partial charge in [0.05, 0.1) is 26.4 Å². The molecule has 0 amide bonds. The Balaban J connectivity index is 5.41. The van der Waals surface area contributed by atoms with Crippen LogP contribution in [-0.2, 0) is 65.4 Å². The van der Waals surface area contributed by atoms with Gasteiger partial charge in [0.2, 0.25) is 0 Å². The highest BCUT2D eigenvalue weighted by atomic mass is 31.2. The van der Waals surface area contributed by atoms with Crippen LogP contribution in [0.25, 0.3) is 0 Å². The zero-order chi connectivity index (χ0) is 73.2. The molecule has 0 fully saturated rings. The summed E-state index contributed by atoms with van der Waals surface area (Å²) < 4.78 is 68.5. The lowest BCUT2D eigenvalue weighted by Crippen LogP contribution is -2.30. The Kier molecular flexibility index (Phi) is 70.4. The number of hydrogen-bond donors (Lipinski definition) is 3. The van der Waals surface area contributed by atoms with Crippen LogP contribution in [0.2, 0.25) is 0 Å². The molecule has 0 bridgehead atoms. The van der Waals surface area contributed by atoms with Crippen LogP contribution in [0, 0.1) is 0 Å². The van der Waals surface area contributed by atoms with Gasteiger partial charge in [-0.1, -0.05) is 260 Å². The number of phosphoric ester groups is 2. The highest BCUT2D eigenvalue weighted by Gasteiger charge is 2.30. The van der Waals surface area contributed by atoms with Crippen molar-refractivity contribution >= 4 is 39.5 Å². The van der Waals surface area contributed by atoms with Crippen LogP contribution >= 0.6 is 15.6 Å². The molecular weight excluding hydrogens is 1310 g/mol. The van der Waals surface area contributed by atoms with Crippen LogP contribution in [0.1, 0.15) is 336 Å².